The van der Waals surface area contributed by atoms with E-state index in [1.165, 1.54) is 37.8 Å². The molecule has 3 aromatic rings. The Labute approximate surface area is 229 Å². The number of fused-ring (bicyclic) bond motifs is 2. The summed E-state index contributed by atoms with van der Waals surface area (Å²) in [5.41, 5.74) is -1.30. The van der Waals surface area contributed by atoms with Gasteiger partial charge in [0.15, 0.2) is 22.9 Å². The number of aromatic nitrogens is 2. The molecule has 0 saturated carbocycles. The molecule has 40 heavy (non-hydrogen) atoms. The normalized spacial score (nSPS) is 19.1. The highest BCUT2D eigenvalue weighted by Crippen LogP contribution is 2.46. The van der Waals surface area contributed by atoms with Gasteiger partial charge in [-0.25, -0.2) is 13.6 Å². The second-order valence-electron chi connectivity index (χ2n) is 10.3. The first-order valence-electron chi connectivity index (χ1n) is 12.9. The maximum Gasteiger partial charge on any atom is 0.340 e. The smallest absolute Gasteiger partial charge is 0.340 e. The molecule has 0 radical (unpaired) electrons. The monoisotopic (exact) mass is 553 g/mol. The first-order chi connectivity index (χ1) is 19.2. The molecular weight excluding hydrogens is 524 g/mol. The van der Waals surface area contributed by atoms with Gasteiger partial charge in [-0.05, 0) is 38.3 Å². The van der Waals surface area contributed by atoms with Crippen LogP contribution in [0.15, 0.2) is 59.5 Å². The van der Waals surface area contributed by atoms with E-state index in [1.807, 2.05) is 6.07 Å². The lowest BCUT2D eigenvalue weighted by Gasteiger charge is -2.42. The summed E-state index contributed by atoms with van der Waals surface area (Å²) in [6.45, 7) is 2.78. The third kappa shape index (κ3) is 4.74. The molecule has 1 fully saturated rings. The van der Waals surface area contributed by atoms with E-state index < -0.39 is 59.3 Å². The Hall–Kier alpha value is -4.12. The van der Waals surface area contributed by atoms with Crippen molar-refractivity contribution >= 4 is 11.9 Å². The van der Waals surface area contributed by atoms with Gasteiger partial charge < -0.3 is 19.1 Å². The molecular formula is C29H29F2N3O6. The van der Waals surface area contributed by atoms with Gasteiger partial charge in [0, 0.05) is 25.1 Å². The highest BCUT2D eigenvalue weighted by molar-refractivity contribution is 5.96. The SMILES string of the molecule is COC(C)(C)C(=O)OCOc1c2n(ncc1=O)[C@@H]([C@H](c1ccccc1)c1cccc(F)c1F)[C@H]1CCCN1C2=O. The Kier molecular flexibility index (Phi) is 7.41. The van der Waals surface area contributed by atoms with Crippen LogP contribution in [0.4, 0.5) is 8.78 Å². The van der Waals surface area contributed by atoms with Gasteiger partial charge in [0.1, 0.15) is 0 Å². The van der Waals surface area contributed by atoms with Gasteiger partial charge >= 0.3 is 5.97 Å². The molecule has 0 aliphatic carbocycles. The number of ether oxygens (including phenoxy) is 3. The summed E-state index contributed by atoms with van der Waals surface area (Å²) in [5.74, 6) is -4.31. The number of amides is 1. The topological polar surface area (TPSA) is 100.0 Å². The molecule has 1 amide bonds. The molecule has 2 aliphatic rings. The Morgan fingerprint density at radius 3 is 2.60 bits per heavy atom. The van der Waals surface area contributed by atoms with E-state index in [9.17, 15) is 18.8 Å². The van der Waals surface area contributed by atoms with Crippen LogP contribution < -0.4 is 10.2 Å². The number of halogens is 2. The van der Waals surface area contributed by atoms with Gasteiger partial charge in [0.2, 0.25) is 18.0 Å². The second-order valence-corrected chi connectivity index (χ2v) is 10.3. The summed E-state index contributed by atoms with van der Waals surface area (Å²) in [6.07, 6.45) is 2.29. The summed E-state index contributed by atoms with van der Waals surface area (Å²) < 4.78 is 47.1. The van der Waals surface area contributed by atoms with Gasteiger partial charge in [0.25, 0.3) is 5.91 Å². The molecule has 0 N–H and O–H groups in total. The fourth-order valence-corrected chi connectivity index (χ4v) is 5.46. The molecule has 9 nitrogen and oxygen atoms in total. The fourth-order valence-electron chi connectivity index (χ4n) is 5.46. The van der Waals surface area contributed by atoms with Gasteiger partial charge in [-0.2, -0.15) is 5.10 Å². The van der Waals surface area contributed by atoms with Crippen LogP contribution in [0.1, 0.15) is 60.3 Å². The van der Waals surface area contributed by atoms with Crippen LogP contribution in [-0.2, 0) is 14.3 Å². The van der Waals surface area contributed by atoms with Crippen molar-refractivity contribution < 1.29 is 32.6 Å². The summed E-state index contributed by atoms with van der Waals surface area (Å²) in [7, 11) is 1.35. The minimum absolute atomic E-state index is 0.0991. The third-order valence-electron chi connectivity index (χ3n) is 7.62. The van der Waals surface area contributed by atoms with Gasteiger partial charge in [-0.15, -0.1) is 0 Å². The number of hydrogen-bond donors (Lipinski definition) is 0. The zero-order valence-electron chi connectivity index (χ0n) is 22.3. The third-order valence-corrected chi connectivity index (χ3v) is 7.62. The van der Waals surface area contributed by atoms with E-state index in [-0.39, 0.29) is 17.0 Å². The summed E-state index contributed by atoms with van der Waals surface area (Å²) in [4.78, 5) is 40.6. The van der Waals surface area contributed by atoms with Crippen LogP contribution in [0, 0.1) is 11.6 Å². The van der Waals surface area contributed by atoms with Crippen molar-refractivity contribution in [1.82, 2.24) is 14.7 Å². The lowest BCUT2D eigenvalue weighted by Crippen LogP contribution is -2.51. The van der Waals surface area contributed by atoms with E-state index in [0.717, 1.165) is 12.3 Å². The van der Waals surface area contributed by atoms with Crippen molar-refractivity contribution in [3.8, 4) is 5.75 Å². The predicted molar refractivity (Wildman–Crippen MR) is 139 cm³/mol. The van der Waals surface area contributed by atoms with Crippen LogP contribution in [0.5, 0.6) is 5.75 Å². The Bertz CT molecular complexity index is 1490. The highest BCUT2D eigenvalue weighted by Gasteiger charge is 2.49. The Morgan fingerprint density at radius 2 is 1.88 bits per heavy atom. The number of carbonyl (C=O) groups is 2. The van der Waals surface area contributed by atoms with Crippen molar-refractivity contribution in [2.45, 2.75) is 50.3 Å². The molecule has 0 spiro atoms. The number of benzene rings is 2. The molecule has 3 atom stereocenters. The fraction of sp³-hybridized carbons (Fsp3) is 0.379. The first kappa shape index (κ1) is 27.4. The minimum atomic E-state index is -1.25. The molecule has 210 valence electrons. The molecule has 11 heteroatoms. The van der Waals surface area contributed by atoms with Crippen molar-refractivity contribution in [2.75, 3.05) is 20.4 Å². The van der Waals surface area contributed by atoms with Crippen molar-refractivity contribution in [1.29, 1.82) is 0 Å². The zero-order chi connectivity index (χ0) is 28.6. The molecule has 1 saturated heterocycles. The summed E-state index contributed by atoms with van der Waals surface area (Å²) in [5, 5.41) is 4.32. The van der Waals surface area contributed by atoms with Crippen molar-refractivity contribution in [3.63, 3.8) is 0 Å². The van der Waals surface area contributed by atoms with Crippen LogP contribution in [-0.4, -0.2) is 58.6 Å². The van der Waals surface area contributed by atoms with Crippen LogP contribution in [0.25, 0.3) is 0 Å². The molecule has 1 aromatic heterocycles. The maximum atomic E-state index is 15.4. The van der Waals surface area contributed by atoms with Crippen molar-refractivity contribution in [2.24, 2.45) is 0 Å². The number of nitrogens with zero attached hydrogens (tertiary/aromatic N) is 3. The molecule has 0 unspecified atom stereocenters. The summed E-state index contributed by atoms with van der Waals surface area (Å²) >= 11 is 0. The largest absolute Gasteiger partial charge is 0.451 e. The van der Waals surface area contributed by atoms with Gasteiger partial charge in [0.05, 0.1) is 18.3 Å². The molecule has 2 aromatic carbocycles. The number of methoxy groups -OCH3 is 1. The van der Waals surface area contributed by atoms with E-state index in [2.05, 4.69) is 5.10 Å². The average molecular weight is 554 g/mol. The number of hydrogen-bond acceptors (Lipinski definition) is 7. The van der Waals surface area contributed by atoms with E-state index >= 15 is 4.39 Å². The minimum Gasteiger partial charge on any atom is -0.451 e. The van der Waals surface area contributed by atoms with Crippen LogP contribution in [0.3, 0.4) is 0 Å². The molecule has 3 heterocycles. The lowest BCUT2D eigenvalue weighted by molar-refractivity contribution is -0.171. The van der Waals surface area contributed by atoms with E-state index in [0.29, 0.717) is 24.9 Å². The highest BCUT2D eigenvalue weighted by atomic mass is 19.2. The first-order valence-corrected chi connectivity index (χ1v) is 12.9. The molecule has 5 rings (SSSR count). The van der Waals surface area contributed by atoms with Crippen LogP contribution in [0.2, 0.25) is 0 Å². The van der Waals surface area contributed by atoms with E-state index in [4.69, 9.17) is 14.2 Å². The Balaban J connectivity index is 1.64. The maximum absolute atomic E-state index is 15.4. The molecule has 0 bridgehead atoms. The Morgan fingerprint density at radius 1 is 1.12 bits per heavy atom. The van der Waals surface area contributed by atoms with Gasteiger partial charge in [-0.1, -0.05) is 42.5 Å². The lowest BCUT2D eigenvalue weighted by atomic mass is 9.79. The number of carbonyl (C=O) groups excluding carboxylic acids is 2. The number of rotatable bonds is 8. The second kappa shape index (κ2) is 10.8. The summed E-state index contributed by atoms with van der Waals surface area (Å²) in [6, 6.07) is 11.9. The standard InChI is InChI=1S/C29H29F2N3O6/c1-29(2,38-3)28(37)40-16-39-26-21(35)15-32-34-24(20-13-8-14-33(20)27(36)25(26)34)22(17-9-5-4-6-10-17)18-11-7-12-19(30)23(18)31/h4-7,9-12,15,20,22,24H,8,13-14,16H2,1-3H3/t20-,22-,24-/m1/s1. The van der Waals surface area contributed by atoms with Crippen LogP contribution >= 0.6 is 0 Å². The van der Waals surface area contributed by atoms with Gasteiger partial charge in [-0.3, -0.25) is 14.3 Å². The van der Waals surface area contributed by atoms with Crippen molar-refractivity contribution in [3.05, 3.63) is 93.4 Å². The zero-order valence-corrected chi connectivity index (χ0v) is 22.3. The van der Waals surface area contributed by atoms with E-state index in [1.54, 1.807) is 29.2 Å². The average Bonchev–Trinajstić information content (AvgIpc) is 3.44. The predicted octanol–water partition coefficient (Wildman–Crippen LogP) is 3.82. The molecule has 2 aliphatic heterocycles. The number of esters is 1. The quantitative estimate of drug-likeness (QED) is 0.309.